The van der Waals surface area contributed by atoms with Crippen LogP contribution in [0.1, 0.15) is 64.5 Å². The Bertz CT molecular complexity index is 1260. The molecule has 3 aliphatic rings. The van der Waals surface area contributed by atoms with Gasteiger partial charge in [0.25, 0.3) is 0 Å². The second kappa shape index (κ2) is 11.0. The van der Waals surface area contributed by atoms with Gasteiger partial charge in [0.05, 0.1) is 18.3 Å². The number of nitrogens with one attached hydrogen (secondary N) is 1. The number of piperidine rings is 1. The molecule has 5 rings (SSSR count). The first-order chi connectivity index (χ1) is 18.6. The number of likely N-dealkylation sites (tertiary alicyclic amines) is 1. The third-order valence-electron chi connectivity index (χ3n) is 7.91. The summed E-state index contributed by atoms with van der Waals surface area (Å²) < 4.78 is 28.0. The van der Waals surface area contributed by atoms with Crippen LogP contribution in [0.25, 0.3) is 11.1 Å². The lowest BCUT2D eigenvalue weighted by Crippen LogP contribution is -2.55. The lowest BCUT2D eigenvalue weighted by molar-refractivity contribution is -0.128. The summed E-state index contributed by atoms with van der Waals surface area (Å²) in [7, 11) is 0. The van der Waals surface area contributed by atoms with Crippen LogP contribution in [-0.2, 0) is 20.7 Å². The number of carbonyl (C=O) groups is 2. The molecule has 9 nitrogen and oxygen atoms in total. The molecule has 2 aromatic rings. The van der Waals surface area contributed by atoms with Crippen LogP contribution in [0.3, 0.4) is 0 Å². The lowest BCUT2D eigenvalue weighted by Gasteiger charge is -2.35. The van der Waals surface area contributed by atoms with E-state index in [0.29, 0.717) is 24.3 Å². The predicted molar refractivity (Wildman–Crippen MR) is 141 cm³/mol. The summed E-state index contributed by atoms with van der Waals surface area (Å²) in [6.45, 7) is 6.79. The Balaban J connectivity index is 1.24. The number of amides is 2. The zero-order valence-corrected chi connectivity index (χ0v) is 22.7. The summed E-state index contributed by atoms with van der Waals surface area (Å²) >= 11 is 0. The lowest BCUT2D eigenvalue weighted by atomic mass is 9.97. The Morgan fingerprint density at radius 1 is 1.21 bits per heavy atom. The molecule has 1 aliphatic carbocycles. The van der Waals surface area contributed by atoms with E-state index >= 15 is 4.39 Å². The maximum atomic E-state index is 15.1. The number of hydrogen-bond donors (Lipinski definition) is 1. The number of ether oxygens (including phenoxy) is 2. The molecule has 2 aliphatic heterocycles. The quantitative estimate of drug-likeness (QED) is 0.586. The number of rotatable bonds is 6. The van der Waals surface area contributed by atoms with Gasteiger partial charge in [-0.15, -0.1) is 0 Å². The van der Waals surface area contributed by atoms with Crippen molar-refractivity contribution in [2.24, 2.45) is 5.92 Å². The van der Waals surface area contributed by atoms with Crippen molar-refractivity contribution in [2.75, 3.05) is 13.2 Å². The minimum Gasteiger partial charge on any atom is -0.444 e. The molecule has 1 N–H and O–H groups in total. The molecule has 10 heteroatoms. The molecule has 0 spiro atoms. The van der Waals surface area contributed by atoms with Crippen LogP contribution in [0.2, 0.25) is 0 Å². The minimum atomic E-state index is -0.936. The molecule has 0 radical (unpaired) electrons. The Labute approximate surface area is 228 Å². The van der Waals surface area contributed by atoms with Crippen LogP contribution in [0.5, 0.6) is 0 Å². The smallest absolute Gasteiger partial charge is 0.411 e. The van der Waals surface area contributed by atoms with Gasteiger partial charge in [0.2, 0.25) is 5.91 Å². The molecular formula is C29H36FN5O4. The van der Waals surface area contributed by atoms with Gasteiger partial charge in [-0.2, -0.15) is 10.4 Å². The molecule has 2 amide bonds. The normalized spacial score (nSPS) is 23.9. The van der Waals surface area contributed by atoms with Crippen LogP contribution in [0.15, 0.2) is 30.6 Å². The fourth-order valence-electron chi connectivity index (χ4n) is 6.04. The summed E-state index contributed by atoms with van der Waals surface area (Å²) in [4.78, 5) is 27.7. The molecule has 3 fully saturated rings. The molecule has 1 unspecified atom stereocenters. The molecule has 1 saturated carbocycles. The maximum Gasteiger partial charge on any atom is 0.411 e. The van der Waals surface area contributed by atoms with Crippen molar-refractivity contribution in [3.8, 4) is 17.2 Å². The molecule has 1 aromatic carbocycles. The third-order valence-corrected chi connectivity index (χ3v) is 7.91. The molecular weight excluding hydrogens is 501 g/mol. The molecule has 3 heterocycles. The average molecular weight is 538 g/mol. The summed E-state index contributed by atoms with van der Waals surface area (Å²) in [6, 6.07) is 5.60. The van der Waals surface area contributed by atoms with Crippen LogP contribution in [-0.4, -0.2) is 63.6 Å². The van der Waals surface area contributed by atoms with E-state index in [-0.39, 0.29) is 24.4 Å². The van der Waals surface area contributed by atoms with E-state index < -0.39 is 35.5 Å². The van der Waals surface area contributed by atoms with Crippen molar-refractivity contribution in [1.82, 2.24) is 20.0 Å². The number of nitriles is 1. The van der Waals surface area contributed by atoms with Gasteiger partial charge in [0, 0.05) is 37.4 Å². The van der Waals surface area contributed by atoms with Crippen molar-refractivity contribution in [3.63, 3.8) is 0 Å². The number of fused-ring (bicyclic) bond motifs is 2. The van der Waals surface area contributed by atoms with Gasteiger partial charge in [0.1, 0.15) is 23.5 Å². The van der Waals surface area contributed by atoms with Crippen LogP contribution >= 0.6 is 0 Å². The van der Waals surface area contributed by atoms with Gasteiger partial charge in [-0.3, -0.25) is 14.4 Å². The Morgan fingerprint density at radius 2 is 1.97 bits per heavy atom. The molecule has 208 valence electrons. The second-order valence-electron chi connectivity index (χ2n) is 11.8. The summed E-state index contributed by atoms with van der Waals surface area (Å²) in [5, 5.41) is 17.0. The molecule has 2 bridgehead atoms. The Hall–Kier alpha value is -3.45. The van der Waals surface area contributed by atoms with E-state index in [1.807, 2.05) is 10.9 Å². The highest BCUT2D eigenvalue weighted by atomic mass is 19.1. The van der Waals surface area contributed by atoms with Gasteiger partial charge in [-0.05, 0) is 76.0 Å². The highest BCUT2D eigenvalue weighted by molar-refractivity contribution is 5.87. The first-order valence-electron chi connectivity index (χ1n) is 13.7. The van der Waals surface area contributed by atoms with E-state index in [1.54, 1.807) is 44.0 Å². The van der Waals surface area contributed by atoms with E-state index in [2.05, 4.69) is 16.5 Å². The zero-order chi connectivity index (χ0) is 27.7. The fourth-order valence-corrected chi connectivity index (χ4v) is 6.04. The summed E-state index contributed by atoms with van der Waals surface area (Å²) in [5.74, 6) is -0.812. The van der Waals surface area contributed by atoms with Gasteiger partial charge < -0.3 is 14.8 Å². The van der Waals surface area contributed by atoms with Gasteiger partial charge in [-0.25, -0.2) is 9.18 Å². The Kier molecular flexibility index (Phi) is 7.63. The largest absolute Gasteiger partial charge is 0.444 e. The summed E-state index contributed by atoms with van der Waals surface area (Å²) in [5.41, 5.74) is 1.17. The second-order valence-corrected chi connectivity index (χ2v) is 11.8. The number of aromatic nitrogens is 2. The highest BCUT2D eigenvalue weighted by Crippen LogP contribution is 2.43. The predicted octanol–water partition coefficient (Wildman–Crippen LogP) is 4.38. The minimum absolute atomic E-state index is 0.0168. The number of benzene rings is 1. The van der Waals surface area contributed by atoms with Gasteiger partial charge >= 0.3 is 6.09 Å². The van der Waals surface area contributed by atoms with Crippen molar-refractivity contribution in [2.45, 2.75) is 89.1 Å². The average Bonchev–Trinajstić information content (AvgIpc) is 3.65. The van der Waals surface area contributed by atoms with Crippen molar-refractivity contribution < 1.29 is 23.5 Å². The zero-order valence-electron chi connectivity index (χ0n) is 22.7. The van der Waals surface area contributed by atoms with Gasteiger partial charge in [-0.1, -0.05) is 12.1 Å². The van der Waals surface area contributed by atoms with Crippen molar-refractivity contribution in [1.29, 1.82) is 5.26 Å². The first kappa shape index (κ1) is 27.1. The number of nitrogens with zero attached hydrogens (tertiary/aromatic N) is 4. The first-order valence-corrected chi connectivity index (χ1v) is 13.7. The van der Waals surface area contributed by atoms with E-state index in [1.165, 1.54) is 6.07 Å². The number of halogens is 1. The summed E-state index contributed by atoms with van der Waals surface area (Å²) in [6.07, 6.45) is 7.38. The van der Waals surface area contributed by atoms with Crippen LogP contribution in [0, 0.1) is 23.1 Å². The fraction of sp³-hybridized carbons (Fsp3) is 0.586. The van der Waals surface area contributed by atoms with Crippen LogP contribution in [0.4, 0.5) is 9.18 Å². The maximum absolute atomic E-state index is 15.1. The van der Waals surface area contributed by atoms with Crippen molar-refractivity contribution in [3.05, 3.63) is 42.0 Å². The monoisotopic (exact) mass is 537 g/mol. The molecule has 4 atom stereocenters. The highest BCUT2D eigenvalue weighted by Gasteiger charge is 2.52. The van der Waals surface area contributed by atoms with Crippen LogP contribution < -0.4 is 5.32 Å². The number of hydrogen-bond acceptors (Lipinski definition) is 6. The standard InChI is InChI=1S/C29H36FN5O4/c1-29(2,3)39-28(37)35-24-7-6-20(13-24)26(35)27(36)33-22(15-31)12-19-5-4-18(14-25(19)30)21-16-32-34(17-21)23-8-10-38-11-9-23/h4-5,14,16-17,20,22-24,26H,6-13H2,1-3H3,(H,33,36)/t20-,22?,24+,26-/m0/s1. The van der Waals surface area contributed by atoms with E-state index in [4.69, 9.17) is 9.47 Å². The van der Waals surface area contributed by atoms with E-state index in [9.17, 15) is 14.9 Å². The molecule has 2 saturated heterocycles. The third kappa shape index (κ3) is 5.93. The molecule has 1 aromatic heterocycles. The molecule has 39 heavy (non-hydrogen) atoms. The SMILES string of the molecule is CC(C)(C)OC(=O)N1[C@@H]2CC[C@@H](C2)[C@H]1C(=O)NC(C#N)Cc1ccc(-c2cnn(C3CCOCC3)c2)cc1F. The van der Waals surface area contributed by atoms with Crippen molar-refractivity contribution >= 4 is 12.0 Å². The topological polar surface area (TPSA) is 109 Å². The Morgan fingerprint density at radius 3 is 2.67 bits per heavy atom. The van der Waals surface area contributed by atoms with Gasteiger partial charge in [0.15, 0.2) is 0 Å². The number of carbonyl (C=O) groups excluding carboxylic acids is 2. The van der Waals surface area contributed by atoms with E-state index in [0.717, 1.165) is 37.7 Å².